The van der Waals surface area contributed by atoms with E-state index >= 15 is 0 Å². The van der Waals surface area contributed by atoms with Crippen molar-refractivity contribution in [2.24, 2.45) is 11.3 Å². The Kier molecular flexibility index (Phi) is 5.49. The molecular weight excluding hydrogens is 330 g/mol. The number of aromatic amines is 1. The normalized spacial score (nSPS) is 23.7. The van der Waals surface area contributed by atoms with Crippen molar-refractivity contribution >= 4 is 11.8 Å². The summed E-state index contributed by atoms with van der Waals surface area (Å²) in [6.45, 7) is 7.17. The molecule has 26 heavy (non-hydrogen) atoms. The van der Waals surface area contributed by atoms with E-state index in [9.17, 15) is 14.4 Å². The highest BCUT2D eigenvalue weighted by atomic mass is 16.2. The molecule has 0 unspecified atom stereocenters. The number of hydrogen-bond donors (Lipinski definition) is 1. The van der Waals surface area contributed by atoms with Crippen LogP contribution in [0.2, 0.25) is 0 Å². The van der Waals surface area contributed by atoms with Gasteiger partial charge in [0.25, 0.3) is 11.5 Å². The molecule has 0 saturated carbocycles. The molecule has 2 aliphatic heterocycles. The Labute approximate surface area is 154 Å². The lowest BCUT2D eigenvalue weighted by Crippen LogP contribution is -2.55. The maximum absolute atomic E-state index is 12.8. The number of aromatic nitrogens is 1. The van der Waals surface area contributed by atoms with Crippen LogP contribution < -0.4 is 5.56 Å². The summed E-state index contributed by atoms with van der Waals surface area (Å²) in [5.41, 5.74) is -0.164. The minimum atomic E-state index is -0.338. The van der Waals surface area contributed by atoms with E-state index in [0.29, 0.717) is 25.4 Å². The molecule has 1 atom stereocenters. The van der Waals surface area contributed by atoms with Crippen LogP contribution in [0, 0.1) is 11.3 Å². The molecule has 1 N–H and O–H groups in total. The van der Waals surface area contributed by atoms with Gasteiger partial charge in [-0.2, -0.15) is 0 Å². The van der Waals surface area contributed by atoms with E-state index in [1.165, 1.54) is 6.20 Å². The second-order valence-corrected chi connectivity index (χ2v) is 8.24. The van der Waals surface area contributed by atoms with Crippen LogP contribution in [-0.2, 0) is 4.79 Å². The minimum absolute atomic E-state index is 0.0274. The Morgan fingerprint density at radius 2 is 2.08 bits per heavy atom. The summed E-state index contributed by atoms with van der Waals surface area (Å²) >= 11 is 0. The summed E-state index contributed by atoms with van der Waals surface area (Å²) in [4.78, 5) is 43.5. The van der Waals surface area contributed by atoms with Crippen LogP contribution in [0.3, 0.4) is 0 Å². The number of carbonyl (C=O) groups excluding carboxylic acids is 2. The molecule has 142 valence electrons. The summed E-state index contributed by atoms with van der Waals surface area (Å²) in [5, 5.41) is 0. The molecule has 2 fully saturated rings. The first-order valence-corrected chi connectivity index (χ1v) is 9.65. The first-order valence-electron chi connectivity index (χ1n) is 9.65. The SMILES string of the molecule is CC(C)CCN1C[C@]2(CCCN(C(=O)c3ccc[nH]c3=O)C2)CCC1=O. The first kappa shape index (κ1) is 18.7. The topological polar surface area (TPSA) is 73.5 Å². The number of piperidine rings is 2. The van der Waals surface area contributed by atoms with Crippen molar-refractivity contribution in [1.82, 2.24) is 14.8 Å². The van der Waals surface area contributed by atoms with Crippen molar-refractivity contribution in [2.75, 3.05) is 26.2 Å². The number of hydrogen-bond acceptors (Lipinski definition) is 3. The number of amides is 2. The molecule has 0 aromatic carbocycles. The standard InChI is InChI=1S/C20H29N3O3/c1-15(2)7-12-22-13-20(9-6-17(22)24)8-4-11-23(14-20)19(26)16-5-3-10-21-18(16)25/h3,5,10,15H,4,6-9,11-14H2,1-2H3,(H,21,25)/t20-/m0/s1. The molecule has 0 bridgehead atoms. The minimum Gasteiger partial charge on any atom is -0.342 e. The van der Waals surface area contributed by atoms with Crippen LogP contribution >= 0.6 is 0 Å². The maximum atomic E-state index is 12.8. The Bertz CT molecular complexity index is 727. The summed E-state index contributed by atoms with van der Waals surface area (Å²) in [6.07, 6.45) is 5.89. The summed E-state index contributed by atoms with van der Waals surface area (Å²) in [5.74, 6) is 0.602. The number of likely N-dealkylation sites (tertiary alicyclic amines) is 2. The van der Waals surface area contributed by atoms with Gasteiger partial charge in [0.1, 0.15) is 5.56 Å². The molecule has 2 aliphatic rings. The van der Waals surface area contributed by atoms with E-state index in [1.807, 2.05) is 9.80 Å². The maximum Gasteiger partial charge on any atom is 0.260 e. The van der Waals surface area contributed by atoms with Gasteiger partial charge in [0.05, 0.1) is 0 Å². The van der Waals surface area contributed by atoms with Crippen molar-refractivity contribution < 1.29 is 9.59 Å². The van der Waals surface area contributed by atoms with Crippen LogP contribution in [0.5, 0.6) is 0 Å². The first-order chi connectivity index (χ1) is 12.4. The fourth-order valence-electron chi connectivity index (χ4n) is 4.19. The lowest BCUT2D eigenvalue weighted by atomic mass is 9.73. The number of H-pyrrole nitrogens is 1. The molecule has 3 rings (SSSR count). The molecular formula is C20H29N3O3. The summed E-state index contributed by atoms with van der Waals surface area (Å²) in [6, 6.07) is 3.27. The van der Waals surface area contributed by atoms with Crippen LogP contribution in [0.4, 0.5) is 0 Å². The van der Waals surface area contributed by atoms with E-state index in [0.717, 1.165) is 38.8 Å². The zero-order valence-corrected chi connectivity index (χ0v) is 15.8. The molecule has 1 aromatic heterocycles. The van der Waals surface area contributed by atoms with Gasteiger partial charge in [0.15, 0.2) is 0 Å². The van der Waals surface area contributed by atoms with Gasteiger partial charge in [0, 0.05) is 44.2 Å². The van der Waals surface area contributed by atoms with Crippen molar-refractivity contribution in [2.45, 2.75) is 46.0 Å². The molecule has 1 aromatic rings. The van der Waals surface area contributed by atoms with E-state index in [-0.39, 0.29) is 28.4 Å². The molecule has 6 heteroatoms. The Morgan fingerprint density at radius 1 is 1.27 bits per heavy atom. The van der Waals surface area contributed by atoms with Crippen LogP contribution in [0.25, 0.3) is 0 Å². The van der Waals surface area contributed by atoms with Crippen molar-refractivity contribution in [3.8, 4) is 0 Å². The smallest absolute Gasteiger partial charge is 0.260 e. The van der Waals surface area contributed by atoms with Gasteiger partial charge < -0.3 is 14.8 Å². The van der Waals surface area contributed by atoms with Gasteiger partial charge in [0.2, 0.25) is 5.91 Å². The highest BCUT2D eigenvalue weighted by Gasteiger charge is 2.42. The monoisotopic (exact) mass is 359 g/mol. The average Bonchev–Trinajstić information content (AvgIpc) is 2.63. The number of carbonyl (C=O) groups is 2. The van der Waals surface area contributed by atoms with Crippen LogP contribution in [0.15, 0.2) is 23.1 Å². The number of nitrogens with zero attached hydrogens (tertiary/aromatic N) is 2. The zero-order chi connectivity index (χ0) is 18.7. The highest BCUT2D eigenvalue weighted by Crippen LogP contribution is 2.39. The number of pyridine rings is 1. The summed E-state index contributed by atoms with van der Waals surface area (Å²) in [7, 11) is 0. The quantitative estimate of drug-likeness (QED) is 0.896. The van der Waals surface area contributed by atoms with Crippen LogP contribution in [0.1, 0.15) is 56.3 Å². The van der Waals surface area contributed by atoms with Gasteiger partial charge in [-0.3, -0.25) is 14.4 Å². The lowest BCUT2D eigenvalue weighted by molar-refractivity contribution is -0.139. The molecule has 1 spiro atoms. The van der Waals surface area contributed by atoms with Crippen molar-refractivity contribution in [3.05, 3.63) is 34.2 Å². The number of rotatable bonds is 4. The Hall–Kier alpha value is -2.11. The van der Waals surface area contributed by atoms with Crippen LogP contribution in [-0.4, -0.2) is 52.8 Å². The molecule has 6 nitrogen and oxygen atoms in total. The predicted molar refractivity (Wildman–Crippen MR) is 99.9 cm³/mol. The van der Waals surface area contributed by atoms with E-state index in [2.05, 4.69) is 18.8 Å². The fourth-order valence-corrected chi connectivity index (χ4v) is 4.19. The van der Waals surface area contributed by atoms with Gasteiger partial charge in [-0.1, -0.05) is 13.8 Å². The van der Waals surface area contributed by atoms with Gasteiger partial charge in [-0.25, -0.2) is 0 Å². The average molecular weight is 359 g/mol. The Balaban J connectivity index is 1.72. The molecule has 2 saturated heterocycles. The highest BCUT2D eigenvalue weighted by molar-refractivity contribution is 5.93. The molecule has 2 amide bonds. The van der Waals surface area contributed by atoms with Gasteiger partial charge in [-0.05, 0) is 43.7 Å². The zero-order valence-electron chi connectivity index (χ0n) is 15.8. The molecule has 0 aliphatic carbocycles. The second-order valence-electron chi connectivity index (χ2n) is 8.24. The van der Waals surface area contributed by atoms with Crippen molar-refractivity contribution in [3.63, 3.8) is 0 Å². The molecule has 3 heterocycles. The van der Waals surface area contributed by atoms with Gasteiger partial charge >= 0.3 is 0 Å². The fraction of sp³-hybridized carbons (Fsp3) is 0.650. The van der Waals surface area contributed by atoms with Crippen molar-refractivity contribution in [1.29, 1.82) is 0 Å². The largest absolute Gasteiger partial charge is 0.342 e. The Morgan fingerprint density at radius 3 is 2.81 bits per heavy atom. The third kappa shape index (κ3) is 4.00. The third-order valence-corrected chi connectivity index (χ3v) is 5.72. The predicted octanol–water partition coefficient (Wildman–Crippen LogP) is 2.27. The van der Waals surface area contributed by atoms with E-state index in [4.69, 9.17) is 0 Å². The third-order valence-electron chi connectivity index (χ3n) is 5.72. The van der Waals surface area contributed by atoms with E-state index in [1.54, 1.807) is 12.1 Å². The lowest BCUT2D eigenvalue weighted by Gasteiger charge is -2.48. The second kappa shape index (κ2) is 7.64. The van der Waals surface area contributed by atoms with E-state index < -0.39 is 0 Å². The van der Waals surface area contributed by atoms with Gasteiger partial charge in [-0.15, -0.1) is 0 Å². The summed E-state index contributed by atoms with van der Waals surface area (Å²) < 4.78 is 0. The number of nitrogens with one attached hydrogen (secondary N) is 1. The molecule has 0 radical (unpaired) electrons.